The molecule has 17 heavy (non-hydrogen) atoms. The number of aliphatic hydroxyl groups excluding tert-OH is 1. The fourth-order valence-corrected chi connectivity index (χ4v) is 2.11. The minimum absolute atomic E-state index is 0.0861. The lowest BCUT2D eigenvalue weighted by Crippen LogP contribution is -2.25. The summed E-state index contributed by atoms with van der Waals surface area (Å²) in [5.41, 5.74) is 1.28. The van der Waals surface area contributed by atoms with Gasteiger partial charge in [0.1, 0.15) is 0 Å². The van der Waals surface area contributed by atoms with Crippen LogP contribution >= 0.6 is 15.9 Å². The number of hydrogen-bond acceptors (Lipinski definition) is 3. The molecule has 0 aliphatic heterocycles. The Hall–Kier alpha value is -0.420. The Kier molecular flexibility index (Phi) is 7.44. The minimum atomic E-state index is 0.0861. The molecule has 1 aromatic rings. The van der Waals surface area contributed by atoms with E-state index in [9.17, 15) is 0 Å². The van der Waals surface area contributed by atoms with Gasteiger partial charge in [-0.3, -0.25) is 0 Å². The largest absolute Gasteiger partial charge is 0.394 e. The van der Waals surface area contributed by atoms with Gasteiger partial charge in [0.15, 0.2) is 0 Å². The molecule has 3 nitrogen and oxygen atoms in total. The number of ether oxygens (including phenoxy) is 1. The molecule has 0 saturated heterocycles. The number of hydrogen-bond donors (Lipinski definition) is 2. The fourth-order valence-electron chi connectivity index (χ4n) is 1.69. The maximum atomic E-state index is 8.58. The van der Waals surface area contributed by atoms with Crippen molar-refractivity contribution in [2.24, 2.45) is 0 Å². The first-order chi connectivity index (χ1) is 8.27. The van der Waals surface area contributed by atoms with Gasteiger partial charge in [-0.15, -0.1) is 0 Å². The van der Waals surface area contributed by atoms with E-state index in [-0.39, 0.29) is 6.61 Å². The third-order valence-electron chi connectivity index (χ3n) is 2.53. The van der Waals surface area contributed by atoms with Crippen LogP contribution in [0.3, 0.4) is 0 Å². The molecule has 0 saturated carbocycles. The average molecular weight is 302 g/mol. The molecule has 0 bridgehead atoms. The van der Waals surface area contributed by atoms with Gasteiger partial charge in [0.2, 0.25) is 0 Å². The van der Waals surface area contributed by atoms with Crippen LogP contribution in [0.1, 0.15) is 24.9 Å². The lowest BCUT2D eigenvalue weighted by atomic mass is 10.1. The Balaban J connectivity index is 2.38. The second kappa shape index (κ2) is 8.64. The smallest absolute Gasteiger partial charge is 0.0698 e. The van der Waals surface area contributed by atoms with Crippen molar-refractivity contribution in [3.8, 4) is 0 Å². The molecule has 4 heteroatoms. The molecule has 0 aliphatic carbocycles. The van der Waals surface area contributed by atoms with Crippen LogP contribution in [-0.4, -0.2) is 31.5 Å². The number of nitrogens with one attached hydrogen (secondary N) is 1. The molecule has 0 heterocycles. The first-order valence-corrected chi connectivity index (χ1v) is 6.74. The molecule has 1 unspecified atom stereocenters. The van der Waals surface area contributed by atoms with Crippen LogP contribution in [0.25, 0.3) is 0 Å². The zero-order valence-electron chi connectivity index (χ0n) is 10.2. The van der Waals surface area contributed by atoms with Gasteiger partial charge in [0.25, 0.3) is 0 Å². The standard InChI is InChI=1S/C13H20BrNO2/c1-2-13(15-6-8-17-9-7-16)11-4-3-5-12(14)10-11/h3-5,10,13,15-16H,2,6-9H2,1H3. The number of rotatable bonds is 8. The van der Waals surface area contributed by atoms with Crippen LogP contribution in [-0.2, 0) is 4.74 Å². The van der Waals surface area contributed by atoms with Crippen molar-refractivity contribution < 1.29 is 9.84 Å². The van der Waals surface area contributed by atoms with E-state index in [0.29, 0.717) is 19.3 Å². The molecule has 1 rings (SSSR count). The van der Waals surface area contributed by atoms with Crippen LogP contribution < -0.4 is 5.32 Å². The number of benzene rings is 1. The lowest BCUT2D eigenvalue weighted by Gasteiger charge is -2.17. The van der Waals surface area contributed by atoms with E-state index in [0.717, 1.165) is 17.4 Å². The van der Waals surface area contributed by atoms with E-state index in [1.54, 1.807) is 0 Å². The quantitative estimate of drug-likeness (QED) is 0.725. The molecule has 1 aromatic carbocycles. The zero-order valence-corrected chi connectivity index (χ0v) is 11.7. The van der Waals surface area contributed by atoms with Crippen molar-refractivity contribution >= 4 is 15.9 Å². The highest BCUT2D eigenvalue weighted by atomic mass is 79.9. The van der Waals surface area contributed by atoms with Gasteiger partial charge in [-0.05, 0) is 24.1 Å². The highest BCUT2D eigenvalue weighted by Crippen LogP contribution is 2.20. The summed E-state index contributed by atoms with van der Waals surface area (Å²) in [6, 6.07) is 8.69. The summed E-state index contributed by atoms with van der Waals surface area (Å²) < 4.78 is 6.32. The maximum Gasteiger partial charge on any atom is 0.0698 e. The second-order valence-electron chi connectivity index (χ2n) is 3.81. The molecule has 96 valence electrons. The molecule has 0 amide bonds. The van der Waals surface area contributed by atoms with Crippen molar-refractivity contribution in [1.29, 1.82) is 0 Å². The van der Waals surface area contributed by atoms with Gasteiger partial charge < -0.3 is 15.2 Å². The van der Waals surface area contributed by atoms with Crippen LogP contribution in [0.5, 0.6) is 0 Å². The summed E-state index contributed by atoms with van der Waals surface area (Å²) in [7, 11) is 0. The van der Waals surface area contributed by atoms with E-state index < -0.39 is 0 Å². The SMILES string of the molecule is CCC(NCCOCCO)c1cccc(Br)c1. The number of aliphatic hydroxyl groups is 1. The molecular weight excluding hydrogens is 282 g/mol. The summed E-state index contributed by atoms with van der Waals surface area (Å²) >= 11 is 3.48. The summed E-state index contributed by atoms with van der Waals surface area (Å²) in [4.78, 5) is 0. The monoisotopic (exact) mass is 301 g/mol. The van der Waals surface area contributed by atoms with E-state index in [2.05, 4.69) is 40.3 Å². The average Bonchev–Trinajstić information content (AvgIpc) is 2.34. The van der Waals surface area contributed by atoms with E-state index in [1.165, 1.54) is 5.56 Å². The zero-order chi connectivity index (χ0) is 12.5. The molecule has 1 atom stereocenters. The molecule has 0 spiro atoms. The maximum absolute atomic E-state index is 8.58. The Morgan fingerprint density at radius 2 is 2.24 bits per heavy atom. The Bertz CT molecular complexity index is 320. The molecular formula is C13H20BrNO2. The second-order valence-corrected chi connectivity index (χ2v) is 4.72. The van der Waals surface area contributed by atoms with Crippen LogP contribution in [0.4, 0.5) is 0 Å². The summed E-state index contributed by atoms with van der Waals surface area (Å²) in [5.74, 6) is 0. The third kappa shape index (κ3) is 5.64. The molecule has 0 aromatic heterocycles. The van der Waals surface area contributed by atoms with Crippen LogP contribution in [0, 0.1) is 0 Å². The van der Waals surface area contributed by atoms with Gasteiger partial charge in [-0.2, -0.15) is 0 Å². The fraction of sp³-hybridized carbons (Fsp3) is 0.538. The highest BCUT2D eigenvalue weighted by Gasteiger charge is 2.08. The normalized spacial score (nSPS) is 12.6. The van der Waals surface area contributed by atoms with Crippen molar-refractivity contribution in [2.45, 2.75) is 19.4 Å². The first kappa shape index (κ1) is 14.6. The topological polar surface area (TPSA) is 41.5 Å². The van der Waals surface area contributed by atoms with Gasteiger partial charge >= 0.3 is 0 Å². The Morgan fingerprint density at radius 1 is 1.41 bits per heavy atom. The van der Waals surface area contributed by atoms with Gasteiger partial charge in [0.05, 0.1) is 19.8 Å². The highest BCUT2D eigenvalue weighted by molar-refractivity contribution is 9.10. The van der Waals surface area contributed by atoms with E-state index >= 15 is 0 Å². The summed E-state index contributed by atoms with van der Waals surface area (Å²) in [6.07, 6.45) is 1.04. The van der Waals surface area contributed by atoms with Crippen molar-refractivity contribution in [3.05, 3.63) is 34.3 Å². The van der Waals surface area contributed by atoms with Crippen molar-refractivity contribution in [3.63, 3.8) is 0 Å². The summed E-state index contributed by atoms with van der Waals surface area (Å²) in [5, 5.41) is 12.0. The Morgan fingerprint density at radius 3 is 2.88 bits per heavy atom. The van der Waals surface area contributed by atoms with Crippen LogP contribution in [0.2, 0.25) is 0 Å². The van der Waals surface area contributed by atoms with Gasteiger partial charge in [0, 0.05) is 17.1 Å². The summed E-state index contributed by atoms with van der Waals surface area (Å²) in [6.45, 7) is 4.08. The minimum Gasteiger partial charge on any atom is -0.394 e. The third-order valence-corrected chi connectivity index (χ3v) is 3.03. The van der Waals surface area contributed by atoms with E-state index in [4.69, 9.17) is 9.84 Å². The molecule has 0 radical (unpaired) electrons. The predicted molar refractivity (Wildman–Crippen MR) is 73.1 cm³/mol. The predicted octanol–water partition coefficient (Wildman–Crippen LogP) is 2.50. The first-order valence-electron chi connectivity index (χ1n) is 5.95. The lowest BCUT2D eigenvalue weighted by molar-refractivity contribution is 0.0925. The molecule has 2 N–H and O–H groups in total. The van der Waals surface area contributed by atoms with Crippen molar-refractivity contribution in [2.75, 3.05) is 26.4 Å². The van der Waals surface area contributed by atoms with E-state index in [1.807, 2.05) is 12.1 Å². The molecule has 0 fully saturated rings. The van der Waals surface area contributed by atoms with Crippen LogP contribution in [0.15, 0.2) is 28.7 Å². The molecule has 0 aliphatic rings. The van der Waals surface area contributed by atoms with Gasteiger partial charge in [-0.1, -0.05) is 35.0 Å². The number of halogens is 1. The Labute approximate surface area is 111 Å². The van der Waals surface area contributed by atoms with Gasteiger partial charge in [-0.25, -0.2) is 0 Å². The van der Waals surface area contributed by atoms with Crippen molar-refractivity contribution in [1.82, 2.24) is 5.32 Å².